The van der Waals surface area contributed by atoms with Gasteiger partial charge in [0.2, 0.25) is 5.95 Å². The summed E-state index contributed by atoms with van der Waals surface area (Å²) < 4.78 is 14.6. The van der Waals surface area contributed by atoms with Crippen molar-refractivity contribution in [3.05, 3.63) is 76.0 Å². The third kappa shape index (κ3) is 4.78. The molecule has 0 spiro atoms. The minimum absolute atomic E-state index is 0.173. The number of thioether (sulfide) groups is 1. The SMILES string of the molecule is CCn1c(Nc2ccc(C(C)C)cc2)nnc(CSc2ccc(F)cc2)c1=O. The Hall–Kier alpha value is -2.67. The first kappa shape index (κ1) is 20.1. The van der Waals surface area contributed by atoms with Crippen LogP contribution < -0.4 is 10.9 Å². The number of rotatable bonds is 7. The van der Waals surface area contributed by atoms with Crippen LogP contribution in [-0.4, -0.2) is 14.8 Å². The summed E-state index contributed by atoms with van der Waals surface area (Å²) in [5.74, 6) is 0.969. The van der Waals surface area contributed by atoms with Crippen LogP contribution >= 0.6 is 11.8 Å². The topological polar surface area (TPSA) is 59.8 Å². The summed E-state index contributed by atoms with van der Waals surface area (Å²) in [6.45, 7) is 6.67. The Kier molecular flexibility index (Phi) is 6.46. The fourth-order valence-electron chi connectivity index (χ4n) is 2.70. The van der Waals surface area contributed by atoms with Crippen molar-refractivity contribution in [3.8, 4) is 0 Å². The minimum Gasteiger partial charge on any atom is -0.324 e. The maximum absolute atomic E-state index is 13.0. The van der Waals surface area contributed by atoms with Gasteiger partial charge in [-0.2, -0.15) is 0 Å². The molecular formula is C21H23FN4OS. The fourth-order valence-corrected chi connectivity index (χ4v) is 3.51. The lowest BCUT2D eigenvalue weighted by molar-refractivity contribution is 0.626. The lowest BCUT2D eigenvalue weighted by atomic mass is 10.0. The van der Waals surface area contributed by atoms with E-state index in [0.717, 1.165) is 10.6 Å². The van der Waals surface area contributed by atoms with Gasteiger partial charge in [-0.05, 0) is 54.8 Å². The number of nitrogens with zero attached hydrogens (tertiary/aromatic N) is 3. The molecule has 0 amide bonds. The fraction of sp³-hybridized carbons (Fsp3) is 0.286. The van der Waals surface area contributed by atoms with Gasteiger partial charge in [-0.3, -0.25) is 9.36 Å². The molecule has 0 saturated heterocycles. The molecule has 0 aliphatic heterocycles. The first-order valence-electron chi connectivity index (χ1n) is 9.19. The van der Waals surface area contributed by atoms with E-state index in [-0.39, 0.29) is 11.4 Å². The van der Waals surface area contributed by atoms with Gasteiger partial charge in [-0.15, -0.1) is 22.0 Å². The quantitative estimate of drug-likeness (QED) is 0.570. The summed E-state index contributed by atoms with van der Waals surface area (Å²) in [6, 6.07) is 14.2. The third-order valence-corrected chi connectivity index (χ3v) is 5.38. The Labute approximate surface area is 168 Å². The molecule has 0 aliphatic rings. The molecule has 1 aromatic heterocycles. The summed E-state index contributed by atoms with van der Waals surface area (Å²) in [6.07, 6.45) is 0. The summed E-state index contributed by atoms with van der Waals surface area (Å²) in [5, 5.41) is 11.5. The van der Waals surface area contributed by atoms with Crippen molar-refractivity contribution in [2.24, 2.45) is 0 Å². The number of anilines is 2. The molecule has 0 fully saturated rings. The number of nitrogens with one attached hydrogen (secondary N) is 1. The zero-order valence-corrected chi connectivity index (χ0v) is 17.0. The van der Waals surface area contributed by atoms with Gasteiger partial charge < -0.3 is 5.32 Å². The van der Waals surface area contributed by atoms with Crippen molar-refractivity contribution in [3.63, 3.8) is 0 Å². The highest BCUT2D eigenvalue weighted by Gasteiger charge is 2.12. The van der Waals surface area contributed by atoms with Crippen molar-refractivity contribution in [1.82, 2.24) is 14.8 Å². The second-order valence-electron chi connectivity index (χ2n) is 6.66. The molecule has 0 saturated carbocycles. The van der Waals surface area contributed by atoms with E-state index in [2.05, 4.69) is 41.5 Å². The molecule has 146 valence electrons. The van der Waals surface area contributed by atoms with Crippen LogP contribution in [0.25, 0.3) is 0 Å². The predicted octanol–water partition coefficient (Wildman–Crippen LogP) is 4.96. The second kappa shape index (κ2) is 9.01. The van der Waals surface area contributed by atoms with E-state index in [0.29, 0.717) is 29.9 Å². The molecule has 0 radical (unpaired) electrons. The molecule has 3 aromatic rings. The molecule has 2 aromatic carbocycles. The smallest absolute Gasteiger partial charge is 0.277 e. The van der Waals surface area contributed by atoms with Crippen LogP contribution in [0.3, 0.4) is 0 Å². The van der Waals surface area contributed by atoms with Crippen molar-refractivity contribution < 1.29 is 4.39 Å². The lowest BCUT2D eigenvalue weighted by Gasteiger charge is -2.13. The third-order valence-electron chi connectivity index (χ3n) is 4.35. The van der Waals surface area contributed by atoms with Gasteiger partial charge in [0.15, 0.2) is 0 Å². The average molecular weight is 399 g/mol. The number of hydrogen-bond acceptors (Lipinski definition) is 5. The molecule has 0 aliphatic carbocycles. The Morgan fingerprint density at radius 2 is 1.75 bits per heavy atom. The summed E-state index contributed by atoms with van der Waals surface area (Å²) in [4.78, 5) is 13.7. The highest BCUT2D eigenvalue weighted by atomic mass is 32.2. The van der Waals surface area contributed by atoms with Crippen LogP contribution in [0.2, 0.25) is 0 Å². The van der Waals surface area contributed by atoms with Gasteiger partial charge in [0, 0.05) is 22.9 Å². The number of hydrogen-bond donors (Lipinski definition) is 1. The highest BCUT2D eigenvalue weighted by molar-refractivity contribution is 7.98. The molecular weight excluding hydrogens is 375 g/mol. The van der Waals surface area contributed by atoms with E-state index in [4.69, 9.17) is 0 Å². The van der Waals surface area contributed by atoms with Gasteiger partial charge in [-0.1, -0.05) is 26.0 Å². The predicted molar refractivity (Wildman–Crippen MR) is 112 cm³/mol. The molecule has 0 atom stereocenters. The molecule has 1 N–H and O–H groups in total. The number of benzene rings is 2. The zero-order chi connectivity index (χ0) is 20.1. The standard InChI is InChI=1S/C21H23FN4OS/c1-4-26-20(27)19(13-28-18-11-7-16(22)8-12-18)24-25-21(26)23-17-9-5-15(6-10-17)14(2)3/h5-12,14H,4,13H2,1-3H3,(H,23,25). The van der Waals surface area contributed by atoms with Crippen molar-refractivity contribution >= 4 is 23.4 Å². The zero-order valence-electron chi connectivity index (χ0n) is 16.1. The van der Waals surface area contributed by atoms with Gasteiger partial charge >= 0.3 is 0 Å². The van der Waals surface area contributed by atoms with E-state index in [1.807, 2.05) is 19.1 Å². The largest absolute Gasteiger partial charge is 0.324 e. The first-order valence-corrected chi connectivity index (χ1v) is 10.2. The maximum Gasteiger partial charge on any atom is 0.277 e. The Morgan fingerprint density at radius 1 is 1.07 bits per heavy atom. The summed E-state index contributed by atoms with van der Waals surface area (Å²) >= 11 is 1.43. The van der Waals surface area contributed by atoms with E-state index < -0.39 is 0 Å². The number of halogens is 1. The molecule has 7 heteroatoms. The Balaban J connectivity index is 1.77. The van der Waals surface area contributed by atoms with Crippen LogP contribution in [0, 0.1) is 5.82 Å². The first-order chi connectivity index (χ1) is 13.5. The van der Waals surface area contributed by atoms with Gasteiger partial charge in [0.1, 0.15) is 11.5 Å². The normalized spacial score (nSPS) is 11.0. The highest BCUT2D eigenvalue weighted by Crippen LogP contribution is 2.22. The Bertz CT molecular complexity index is 985. The van der Waals surface area contributed by atoms with E-state index in [1.165, 1.54) is 29.5 Å². The van der Waals surface area contributed by atoms with E-state index in [1.54, 1.807) is 16.7 Å². The van der Waals surface area contributed by atoms with Gasteiger partial charge in [-0.25, -0.2) is 4.39 Å². The van der Waals surface area contributed by atoms with Gasteiger partial charge in [0.25, 0.3) is 5.56 Å². The van der Waals surface area contributed by atoms with Crippen LogP contribution in [-0.2, 0) is 12.3 Å². The average Bonchev–Trinajstić information content (AvgIpc) is 2.69. The lowest BCUT2D eigenvalue weighted by Crippen LogP contribution is -2.27. The van der Waals surface area contributed by atoms with Crippen LogP contribution in [0.4, 0.5) is 16.0 Å². The van der Waals surface area contributed by atoms with E-state index >= 15 is 0 Å². The number of aromatic nitrogens is 3. The second-order valence-corrected chi connectivity index (χ2v) is 7.71. The molecule has 0 unspecified atom stereocenters. The van der Waals surface area contributed by atoms with Crippen molar-refractivity contribution in [2.45, 2.75) is 43.9 Å². The monoisotopic (exact) mass is 398 g/mol. The molecule has 0 bridgehead atoms. The van der Waals surface area contributed by atoms with Crippen LogP contribution in [0.1, 0.15) is 37.9 Å². The Morgan fingerprint density at radius 3 is 2.36 bits per heavy atom. The van der Waals surface area contributed by atoms with E-state index in [9.17, 15) is 9.18 Å². The minimum atomic E-state index is -0.283. The van der Waals surface area contributed by atoms with Crippen LogP contribution in [0.15, 0.2) is 58.2 Å². The van der Waals surface area contributed by atoms with Crippen LogP contribution in [0.5, 0.6) is 0 Å². The molecule has 1 heterocycles. The maximum atomic E-state index is 13.0. The summed E-state index contributed by atoms with van der Waals surface area (Å²) in [7, 11) is 0. The molecule has 5 nitrogen and oxygen atoms in total. The molecule has 3 rings (SSSR count). The van der Waals surface area contributed by atoms with Crippen molar-refractivity contribution in [1.29, 1.82) is 0 Å². The van der Waals surface area contributed by atoms with Gasteiger partial charge in [0.05, 0.1) is 0 Å². The molecule has 28 heavy (non-hydrogen) atoms. The summed E-state index contributed by atoms with van der Waals surface area (Å²) in [5.41, 5.74) is 2.30. The van der Waals surface area contributed by atoms with Crippen molar-refractivity contribution in [2.75, 3.05) is 5.32 Å².